The first-order chi connectivity index (χ1) is 10.0. The molecule has 2 rings (SSSR count). The second-order valence-electron chi connectivity index (χ2n) is 3.61. The summed E-state index contributed by atoms with van der Waals surface area (Å²) in [7, 11) is 0. The lowest BCUT2D eigenvalue weighted by Crippen LogP contribution is -2.10. The van der Waals surface area contributed by atoms with Crippen molar-refractivity contribution in [1.82, 2.24) is 9.97 Å². The zero-order valence-electron chi connectivity index (χ0n) is 12.5. The van der Waals surface area contributed by atoms with Gasteiger partial charge in [-0.05, 0) is 18.2 Å². The van der Waals surface area contributed by atoms with Crippen LogP contribution in [0.5, 0.6) is 0 Å². The lowest BCUT2D eigenvalue weighted by Gasteiger charge is -2.04. The molecule has 2 aromatic heterocycles. The second kappa shape index (κ2) is 9.25. The first kappa shape index (κ1) is 18.3. The summed E-state index contributed by atoms with van der Waals surface area (Å²) in [6.45, 7) is 12.4. The molecule has 0 saturated carbocycles. The highest BCUT2D eigenvalue weighted by Crippen LogP contribution is 2.17. The molecule has 0 aliphatic heterocycles. The van der Waals surface area contributed by atoms with Crippen molar-refractivity contribution in [3.63, 3.8) is 0 Å². The number of carboxylic acids is 1. The molecular formula is C16H20N2O3. The zero-order chi connectivity index (χ0) is 16.4. The van der Waals surface area contributed by atoms with E-state index in [0.717, 1.165) is 12.5 Å². The van der Waals surface area contributed by atoms with Gasteiger partial charge in [-0.15, -0.1) is 0 Å². The highest BCUT2D eigenvalue weighted by atomic mass is 16.4. The quantitative estimate of drug-likeness (QED) is 0.888. The number of aromatic nitrogens is 2. The summed E-state index contributed by atoms with van der Waals surface area (Å²) < 4.78 is 0. The number of nitrogens with one attached hydrogen (secondary N) is 1. The molecule has 5 nitrogen and oxygen atoms in total. The Morgan fingerprint density at radius 3 is 2.38 bits per heavy atom. The van der Waals surface area contributed by atoms with E-state index in [9.17, 15) is 4.79 Å². The normalized spacial score (nSPS) is 8.71. The Bertz CT molecular complexity index is 683. The summed E-state index contributed by atoms with van der Waals surface area (Å²) >= 11 is 0. The molecule has 112 valence electrons. The first-order valence-electron chi connectivity index (χ1n) is 6.46. The average molecular weight is 288 g/mol. The van der Waals surface area contributed by atoms with Gasteiger partial charge in [0.25, 0.3) is 11.5 Å². The Balaban J connectivity index is 0.000000579. The smallest absolute Gasteiger partial charge is 0.300 e. The van der Waals surface area contributed by atoms with Crippen molar-refractivity contribution in [3.05, 3.63) is 53.1 Å². The van der Waals surface area contributed by atoms with Crippen LogP contribution in [0.3, 0.4) is 0 Å². The number of aromatic amines is 1. The minimum atomic E-state index is -0.833. The van der Waals surface area contributed by atoms with Crippen molar-refractivity contribution in [1.29, 1.82) is 0 Å². The van der Waals surface area contributed by atoms with Crippen LogP contribution in [0.1, 0.15) is 32.0 Å². The molecule has 0 saturated heterocycles. The predicted octanol–water partition coefficient (Wildman–Crippen LogP) is 3.33. The van der Waals surface area contributed by atoms with E-state index in [1.54, 1.807) is 30.5 Å². The molecule has 0 atom stereocenters. The maximum atomic E-state index is 11.6. The molecule has 0 bridgehead atoms. The second-order valence-corrected chi connectivity index (χ2v) is 3.61. The predicted molar refractivity (Wildman–Crippen MR) is 87.2 cm³/mol. The third-order valence-corrected chi connectivity index (χ3v) is 2.25. The van der Waals surface area contributed by atoms with Crippen LogP contribution in [0.15, 0.2) is 36.3 Å². The number of H-pyrrole nitrogens is 1. The number of rotatable bonds is 2. The number of aliphatic carboxylic acids is 1. The summed E-state index contributed by atoms with van der Waals surface area (Å²) in [6, 6.07) is 3.47. The van der Waals surface area contributed by atoms with Gasteiger partial charge >= 0.3 is 0 Å². The van der Waals surface area contributed by atoms with E-state index in [0.29, 0.717) is 16.6 Å². The Morgan fingerprint density at radius 1 is 1.33 bits per heavy atom. The van der Waals surface area contributed by atoms with Gasteiger partial charge in [0, 0.05) is 24.4 Å². The maximum Gasteiger partial charge on any atom is 0.300 e. The zero-order valence-corrected chi connectivity index (χ0v) is 12.5. The minimum Gasteiger partial charge on any atom is -0.481 e. The van der Waals surface area contributed by atoms with Gasteiger partial charge in [-0.25, -0.2) is 0 Å². The summed E-state index contributed by atoms with van der Waals surface area (Å²) in [5.41, 5.74) is 1.96. The lowest BCUT2D eigenvalue weighted by atomic mass is 10.1. The van der Waals surface area contributed by atoms with Crippen LogP contribution in [0.4, 0.5) is 0 Å². The standard InChI is InChI=1S/C12H10N2O.C2H4O2.C2H6/c1-3-8-10(4-2)14-12(15)9-6-5-7-13-11(8)9;1-2(3)4;1-2/h3-7H,1-2H2,(H,14,15);1H3,(H,3,4);1-2H3. The molecule has 2 aromatic rings. The topological polar surface area (TPSA) is 83.0 Å². The summed E-state index contributed by atoms with van der Waals surface area (Å²) in [4.78, 5) is 27.6. The number of nitrogens with zero attached hydrogens (tertiary/aromatic N) is 1. The van der Waals surface area contributed by atoms with Crippen LogP contribution in [0.25, 0.3) is 23.1 Å². The monoisotopic (exact) mass is 288 g/mol. The van der Waals surface area contributed by atoms with Crippen molar-refractivity contribution in [2.45, 2.75) is 20.8 Å². The van der Waals surface area contributed by atoms with E-state index in [1.165, 1.54) is 0 Å². The van der Waals surface area contributed by atoms with Crippen molar-refractivity contribution >= 4 is 29.0 Å². The van der Waals surface area contributed by atoms with Gasteiger partial charge in [0.2, 0.25) is 0 Å². The lowest BCUT2D eigenvalue weighted by molar-refractivity contribution is -0.134. The highest BCUT2D eigenvalue weighted by Gasteiger charge is 2.06. The third kappa shape index (κ3) is 5.06. The van der Waals surface area contributed by atoms with E-state index < -0.39 is 5.97 Å². The fraction of sp³-hybridized carbons (Fsp3) is 0.188. The Labute approximate surface area is 123 Å². The van der Waals surface area contributed by atoms with Crippen LogP contribution in [-0.4, -0.2) is 21.0 Å². The van der Waals surface area contributed by atoms with Crippen molar-refractivity contribution in [2.24, 2.45) is 0 Å². The fourth-order valence-corrected chi connectivity index (χ4v) is 1.56. The Morgan fingerprint density at radius 2 is 1.90 bits per heavy atom. The SMILES string of the molecule is C=Cc1[nH]c(=O)c2cccnc2c1C=C.CC.CC(=O)O. The van der Waals surface area contributed by atoms with Gasteiger partial charge in [-0.2, -0.15) is 0 Å². The van der Waals surface area contributed by atoms with Crippen LogP contribution in [-0.2, 0) is 4.79 Å². The number of carboxylic acid groups (broad SMARTS) is 1. The highest BCUT2D eigenvalue weighted by molar-refractivity contribution is 5.88. The van der Waals surface area contributed by atoms with Crippen LogP contribution in [0, 0.1) is 0 Å². The van der Waals surface area contributed by atoms with E-state index in [-0.39, 0.29) is 5.56 Å². The minimum absolute atomic E-state index is 0.154. The molecule has 0 aliphatic carbocycles. The molecule has 0 fully saturated rings. The largest absolute Gasteiger partial charge is 0.481 e. The molecule has 0 amide bonds. The van der Waals surface area contributed by atoms with Crippen LogP contribution in [0.2, 0.25) is 0 Å². The van der Waals surface area contributed by atoms with E-state index >= 15 is 0 Å². The molecule has 0 radical (unpaired) electrons. The Hall–Kier alpha value is -2.69. The number of hydrogen-bond acceptors (Lipinski definition) is 3. The number of carbonyl (C=O) groups is 1. The number of pyridine rings is 2. The van der Waals surface area contributed by atoms with Gasteiger partial charge in [-0.3, -0.25) is 14.6 Å². The molecule has 0 aromatic carbocycles. The fourth-order valence-electron chi connectivity index (χ4n) is 1.56. The van der Waals surface area contributed by atoms with Gasteiger partial charge in [0.1, 0.15) is 0 Å². The third-order valence-electron chi connectivity index (χ3n) is 2.25. The van der Waals surface area contributed by atoms with Crippen molar-refractivity contribution in [2.75, 3.05) is 0 Å². The summed E-state index contributed by atoms with van der Waals surface area (Å²) in [6.07, 6.45) is 4.91. The van der Waals surface area contributed by atoms with Crippen molar-refractivity contribution < 1.29 is 9.90 Å². The molecular weight excluding hydrogens is 268 g/mol. The van der Waals surface area contributed by atoms with Gasteiger partial charge in [0.05, 0.1) is 10.9 Å². The van der Waals surface area contributed by atoms with Gasteiger partial charge in [-0.1, -0.05) is 33.1 Å². The van der Waals surface area contributed by atoms with Gasteiger partial charge in [0.15, 0.2) is 0 Å². The van der Waals surface area contributed by atoms with Crippen LogP contribution < -0.4 is 5.56 Å². The number of hydrogen-bond donors (Lipinski definition) is 2. The Kier molecular flexibility index (Phi) is 8.07. The van der Waals surface area contributed by atoms with Gasteiger partial charge < -0.3 is 10.1 Å². The summed E-state index contributed by atoms with van der Waals surface area (Å²) in [5.74, 6) is -0.833. The molecule has 0 unspecified atom stereocenters. The van der Waals surface area contributed by atoms with E-state index in [2.05, 4.69) is 23.1 Å². The van der Waals surface area contributed by atoms with Crippen molar-refractivity contribution in [3.8, 4) is 0 Å². The number of fused-ring (bicyclic) bond motifs is 1. The average Bonchev–Trinajstić information content (AvgIpc) is 2.48. The van der Waals surface area contributed by atoms with E-state index in [1.807, 2.05) is 13.8 Å². The van der Waals surface area contributed by atoms with Crippen LogP contribution >= 0.6 is 0 Å². The molecule has 2 heterocycles. The first-order valence-corrected chi connectivity index (χ1v) is 6.46. The molecule has 21 heavy (non-hydrogen) atoms. The molecule has 2 N–H and O–H groups in total. The van der Waals surface area contributed by atoms with E-state index in [4.69, 9.17) is 9.90 Å². The molecule has 5 heteroatoms. The maximum absolute atomic E-state index is 11.6. The summed E-state index contributed by atoms with van der Waals surface area (Å²) in [5, 5.41) is 7.98. The molecule has 0 aliphatic rings. The molecule has 0 spiro atoms.